The number of imidazole rings is 1. The van der Waals surface area contributed by atoms with E-state index < -0.39 is 0 Å². The van der Waals surface area contributed by atoms with Crippen molar-refractivity contribution in [2.24, 2.45) is 0 Å². The van der Waals surface area contributed by atoms with E-state index in [1.807, 2.05) is 23.3 Å². The van der Waals surface area contributed by atoms with Crippen molar-refractivity contribution >= 4 is 17.5 Å². The van der Waals surface area contributed by atoms with Crippen LogP contribution in [-0.2, 0) is 6.54 Å². The number of hydrogen-bond donors (Lipinski definition) is 0. The zero-order valence-electron chi connectivity index (χ0n) is 10.2. The van der Waals surface area contributed by atoms with Crippen molar-refractivity contribution in [1.82, 2.24) is 4.57 Å². The Morgan fingerprint density at radius 2 is 2.35 bits per heavy atom. The Balaban J connectivity index is 1.87. The fraction of sp³-hybridized carbons (Fsp3) is 0.308. The predicted octanol–water partition coefficient (Wildman–Crippen LogP) is 2.63. The molecule has 2 heterocycles. The largest absolute Gasteiger partial charge is 0.488 e. The van der Waals surface area contributed by atoms with Crippen LogP contribution in [-0.4, -0.2) is 11.2 Å². The summed E-state index contributed by atoms with van der Waals surface area (Å²) < 4.78 is 9.76. The van der Waals surface area contributed by atoms with E-state index in [1.54, 1.807) is 17.5 Å². The number of nitrogens with zero attached hydrogens (tertiary/aromatic N) is 2. The van der Waals surface area contributed by atoms with E-state index >= 15 is 0 Å². The van der Waals surface area contributed by atoms with Gasteiger partial charge >= 0.3 is 0 Å². The maximum Gasteiger partial charge on any atom is 0.248 e. The van der Waals surface area contributed by atoms with Crippen molar-refractivity contribution < 1.29 is 9.30 Å². The molecule has 0 aliphatic rings. The second-order valence-corrected chi connectivity index (χ2v) is 5.37. The number of ether oxygens (including phenoxy) is 1. The van der Waals surface area contributed by atoms with Crippen LogP contribution in [0.15, 0.2) is 31.4 Å². The smallest absolute Gasteiger partial charge is 0.248 e. The molecule has 0 saturated carbocycles. The van der Waals surface area contributed by atoms with Crippen molar-refractivity contribution in [1.29, 1.82) is 0 Å². The van der Waals surface area contributed by atoms with Gasteiger partial charge in [-0.3, -0.25) is 0 Å². The zero-order valence-corrected chi connectivity index (χ0v) is 11.0. The molecule has 4 heteroatoms. The van der Waals surface area contributed by atoms with Crippen molar-refractivity contribution in [3.8, 4) is 5.75 Å². The first-order valence-corrected chi connectivity index (χ1v) is 6.39. The average molecular weight is 249 g/mol. The van der Waals surface area contributed by atoms with E-state index in [9.17, 15) is 0 Å². The molecule has 0 aliphatic heterocycles. The highest BCUT2D eigenvalue weighted by Crippen LogP contribution is 2.27. The molecule has 0 saturated heterocycles. The van der Waals surface area contributed by atoms with E-state index in [0.717, 1.165) is 12.3 Å². The van der Waals surface area contributed by atoms with E-state index in [4.69, 9.17) is 4.74 Å². The van der Waals surface area contributed by atoms with Gasteiger partial charge in [0, 0.05) is 9.75 Å². The molecule has 0 bridgehead atoms. The first-order chi connectivity index (χ1) is 8.19. The topological polar surface area (TPSA) is 18.0 Å². The normalized spacial score (nSPS) is 10.5. The second-order valence-electron chi connectivity index (χ2n) is 3.91. The van der Waals surface area contributed by atoms with Gasteiger partial charge in [-0.15, -0.1) is 11.3 Å². The fourth-order valence-electron chi connectivity index (χ4n) is 1.66. The Labute approximate surface area is 106 Å². The quantitative estimate of drug-likeness (QED) is 0.745. The van der Waals surface area contributed by atoms with Crippen LogP contribution in [0.1, 0.15) is 9.75 Å². The van der Waals surface area contributed by atoms with Crippen LogP contribution < -0.4 is 9.30 Å². The van der Waals surface area contributed by atoms with Crippen LogP contribution >= 0.6 is 11.3 Å². The predicted molar refractivity (Wildman–Crippen MR) is 70.3 cm³/mol. The van der Waals surface area contributed by atoms with Gasteiger partial charge in [0.15, 0.2) is 0 Å². The van der Waals surface area contributed by atoms with E-state index in [-0.39, 0.29) is 0 Å². The van der Waals surface area contributed by atoms with Gasteiger partial charge in [-0.2, -0.15) is 0 Å². The van der Waals surface area contributed by atoms with Crippen molar-refractivity contribution in [3.63, 3.8) is 0 Å². The molecule has 2 aromatic rings. The molecule has 0 N–H and O–H groups in total. The van der Waals surface area contributed by atoms with Crippen molar-refractivity contribution in [3.05, 3.63) is 41.1 Å². The molecule has 0 spiro atoms. The first kappa shape index (κ1) is 11.9. The third-order valence-corrected chi connectivity index (χ3v) is 3.47. The summed E-state index contributed by atoms with van der Waals surface area (Å²) in [6.45, 7) is 9.42. The molecule has 2 rings (SSSR count). The summed E-state index contributed by atoms with van der Waals surface area (Å²) in [5.41, 5.74) is 0. The lowest BCUT2D eigenvalue weighted by molar-refractivity contribution is -0.696. The Hall–Kier alpha value is -1.55. The summed E-state index contributed by atoms with van der Waals surface area (Å²) in [6.07, 6.45) is 7.73. The summed E-state index contributed by atoms with van der Waals surface area (Å²) in [7, 11) is 0. The van der Waals surface area contributed by atoms with Crippen LogP contribution in [0, 0.1) is 13.8 Å². The minimum absolute atomic E-state index is 0.683. The van der Waals surface area contributed by atoms with Gasteiger partial charge in [0.2, 0.25) is 6.33 Å². The van der Waals surface area contributed by atoms with Crippen LogP contribution in [0.4, 0.5) is 0 Å². The lowest BCUT2D eigenvalue weighted by Gasteiger charge is -2.02. The third kappa shape index (κ3) is 2.97. The van der Waals surface area contributed by atoms with Gasteiger partial charge in [0.25, 0.3) is 0 Å². The van der Waals surface area contributed by atoms with E-state index in [1.165, 1.54) is 9.75 Å². The monoisotopic (exact) mass is 249 g/mol. The number of hydrogen-bond acceptors (Lipinski definition) is 2. The fourth-order valence-corrected chi connectivity index (χ4v) is 2.53. The minimum atomic E-state index is 0.683. The Morgan fingerprint density at radius 3 is 2.94 bits per heavy atom. The van der Waals surface area contributed by atoms with Gasteiger partial charge < -0.3 is 4.74 Å². The molecule has 0 fully saturated rings. The van der Waals surface area contributed by atoms with Gasteiger partial charge in [-0.05, 0) is 19.9 Å². The second kappa shape index (κ2) is 5.19. The maximum atomic E-state index is 5.76. The van der Waals surface area contributed by atoms with E-state index in [2.05, 4.69) is 31.1 Å². The molecule has 90 valence electrons. The number of aromatic nitrogens is 2. The SMILES string of the molecule is C=Cn1cc[n+](CCOc2cc(C)sc2C)c1. The van der Waals surface area contributed by atoms with Gasteiger partial charge in [-0.1, -0.05) is 6.58 Å². The minimum Gasteiger partial charge on any atom is -0.488 e. The molecular formula is C13H17N2OS+. The highest BCUT2D eigenvalue weighted by Gasteiger charge is 2.05. The molecular weight excluding hydrogens is 232 g/mol. The molecule has 0 atom stereocenters. The summed E-state index contributed by atoms with van der Waals surface area (Å²) in [6, 6.07) is 2.10. The Bertz CT molecular complexity index is 513. The third-order valence-electron chi connectivity index (χ3n) is 2.53. The number of aryl methyl sites for hydroxylation is 2. The van der Waals surface area contributed by atoms with Crippen molar-refractivity contribution in [2.45, 2.75) is 20.4 Å². The summed E-state index contributed by atoms with van der Waals surface area (Å²) >= 11 is 1.77. The highest BCUT2D eigenvalue weighted by molar-refractivity contribution is 7.12. The molecule has 2 aromatic heterocycles. The lowest BCUT2D eigenvalue weighted by Crippen LogP contribution is -2.34. The van der Waals surface area contributed by atoms with Crippen molar-refractivity contribution in [2.75, 3.05) is 6.61 Å². The summed E-state index contributed by atoms with van der Waals surface area (Å²) in [5, 5.41) is 0. The zero-order chi connectivity index (χ0) is 12.3. The molecule has 17 heavy (non-hydrogen) atoms. The number of rotatable bonds is 5. The Morgan fingerprint density at radius 1 is 1.53 bits per heavy atom. The lowest BCUT2D eigenvalue weighted by atomic mass is 10.4. The highest BCUT2D eigenvalue weighted by atomic mass is 32.1. The molecule has 0 aliphatic carbocycles. The van der Waals surface area contributed by atoms with Gasteiger partial charge in [-0.25, -0.2) is 9.13 Å². The molecule has 3 nitrogen and oxygen atoms in total. The molecule has 0 radical (unpaired) electrons. The average Bonchev–Trinajstić information content (AvgIpc) is 2.86. The van der Waals surface area contributed by atoms with Gasteiger partial charge in [0.05, 0.1) is 6.20 Å². The number of thiophene rings is 1. The van der Waals surface area contributed by atoms with Crippen LogP contribution in [0.5, 0.6) is 5.75 Å². The molecule has 0 unspecified atom stereocenters. The molecule has 0 amide bonds. The summed E-state index contributed by atoms with van der Waals surface area (Å²) in [5.74, 6) is 1.01. The Kier molecular flexibility index (Phi) is 3.64. The van der Waals surface area contributed by atoms with E-state index in [0.29, 0.717) is 6.61 Å². The van der Waals surface area contributed by atoms with Crippen LogP contribution in [0.3, 0.4) is 0 Å². The van der Waals surface area contributed by atoms with Gasteiger partial charge in [0.1, 0.15) is 31.3 Å². The molecule has 0 aromatic carbocycles. The summed E-state index contributed by atoms with van der Waals surface area (Å²) in [4.78, 5) is 2.54. The standard InChI is InChI=1S/C13H17N2OS/c1-4-14-5-6-15(10-14)7-8-16-13-9-11(2)17-12(13)3/h4-6,9-10H,1,7-8H2,2-3H3/q+1. The maximum absolute atomic E-state index is 5.76. The first-order valence-electron chi connectivity index (χ1n) is 5.58. The van der Waals surface area contributed by atoms with Crippen LogP contribution in [0.25, 0.3) is 6.20 Å². The van der Waals surface area contributed by atoms with Crippen LogP contribution in [0.2, 0.25) is 0 Å².